The molecule has 134 valence electrons. The molecular formula is C23H25BrN2. The van der Waals surface area contributed by atoms with Crippen molar-refractivity contribution in [1.82, 2.24) is 4.90 Å². The SMILES string of the molecule is [Br-].c1ccc(CN2CC[NH+](Cc3ccccc3)C2c2ccccc2)cc1. The van der Waals surface area contributed by atoms with Crippen molar-refractivity contribution in [3.05, 3.63) is 108 Å². The molecule has 0 bridgehead atoms. The Balaban J connectivity index is 0.00000196. The Morgan fingerprint density at radius 3 is 1.88 bits per heavy atom. The van der Waals surface area contributed by atoms with Crippen LogP contribution in [0.1, 0.15) is 22.9 Å². The number of benzene rings is 3. The van der Waals surface area contributed by atoms with Crippen LogP contribution in [0.2, 0.25) is 0 Å². The van der Waals surface area contributed by atoms with E-state index < -0.39 is 0 Å². The van der Waals surface area contributed by atoms with Crippen LogP contribution in [-0.2, 0) is 13.1 Å². The fourth-order valence-electron chi connectivity index (χ4n) is 3.92. The molecule has 3 aromatic rings. The lowest BCUT2D eigenvalue weighted by Gasteiger charge is -2.27. The summed E-state index contributed by atoms with van der Waals surface area (Å²) in [5.74, 6) is 0. The van der Waals surface area contributed by atoms with Crippen LogP contribution in [0.4, 0.5) is 0 Å². The van der Waals surface area contributed by atoms with E-state index in [1.54, 1.807) is 4.90 Å². The Hall–Kier alpha value is -1.94. The highest BCUT2D eigenvalue weighted by atomic mass is 79.9. The van der Waals surface area contributed by atoms with Crippen molar-refractivity contribution < 1.29 is 21.9 Å². The number of nitrogens with one attached hydrogen (secondary N) is 1. The average molecular weight is 409 g/mol. The van der Waals surface area contributed by atoms with Gasteiger partial charge in [0.15, 0.2) is 6.17 Å². The second kappa shape index (κ2) is 9.13. The van der Waals surface area contributed by atoms with Gasteiger partial charge in [-0.05, 0) is 5.56 Å². The summed E-state index contributed by atoms with van der Waals surface area (Å²) in [7, 11) is 0. The Morgan fingerprint density at radius 1 is 0.731 bits per heavy atom. The summed E-state index contributed by atoms with van der Waals surface area (Å²) in [6.07, 6.45) is 0.418. The van der Waals surface area contributed by atoms with Gasteiger partial charge in [0.05, 0.1) is 13.1 Å². The van der Waals surface area contributed by atoms with Gasteiger partial charge < -0.3 is 21.9 Å². The summed E-state index contributed by atoms with van der Waals surface area (Å²) in [5, 5.41) is 0. The van der Waals surface area contributed by atoms with E-state index in [0.29, 0.717) is 6.17 Å². The minimum Gasteiger partial charge on any atom is -1.00 e. The molecule has 0 radical (unpaired) electrons. The molecule has 1 N–H and O–H groups in total. The van der Waals surface area contributed by atoms with Crippen molar-refractivity contribution in [1.29, 1.82) is 0 Å². The van der Waals surface area contributed by atoms with Crippen LogP contribution < -0.4 is 21.9 Å². The van der Waals surface area contributed by atoms with Crippen LogP contribution in [0.15, 0.2) is 91.0 Å². The van der Waals surface area contributed by atoms with Crippen LogP contribution in [0.3, 0.4) is 0 Å². The van der Waals surface area contributed by atoms with Gasteiger partial charge in [-0.1, -0.05) is 91.0 Å². The fraction of sp³-hybridized carbons (Fsp3) is 0.217. The fourth-order valence-corrected chi connectivity index (χ4v) is 3.92. The lowest BCUT2D eigenvalue weighted by atomic mass is 10.1. The number of quaternary nitrogens is 1. The van der Waals surface area contributed by atoms with Gasteiger partial charge in [-0.2, -0.15) is 0 Å². The smallest absolute Gasteiger partial charge is 0.171 e. The van der Waals surface area contributed by atoms with Gasteiger partial charge in [0.2, 0.25) is 0 Å². The first-order valence-electron chi connectivity index (χ1n) is 9.11. The predicted molar refractivity (Wildman–Crippen MR) is 102 cm³/mol. The van der Waals surface area contributed by atoms with Gasteiger partial charge in [-0.25, -0.2) is 4.90 Å². The highest BCUT2D eigenvalue weighted by molar-refractivity contribution is 5.20. The summed E-state index contributed by atoms with van der Waals surface area (Å²) in [5.41, 5.74) is 4.23. The Kier molecular flexibility index (Phi) is 6.62. The van der Waals surface area contributed by atoms with Crippen LogP contribution in [0.25, 0.3) is 0 Å². The van der Waals surface area contributed by atoms with Crippen molar-refractivity contribution in [2.75, 3.05) is 13.1 Å². The second-order valence-electron chi connectivity index (χ2n) is 6.84. The zero-order valence-corrected chi connectivity index (χ0v) is 16.5. The molecule has 2 atom stereocenters. The lowest BCUT2D eigenvalue weighted by Crippen LogP contribution is -3.09. The van der Waals surface area contributed by atoms with E-state index in [1.807, 2.05) is 0 Å². The zero-order chi connectivity index (χ0) is 16.9. The Morgan fingerprint density at radius 2 is 1.27 bits per heavy atom. The third-order valence-electron chi connectivity index (χ3n) is 5.09. The van der Waals surface area contributed by atoms with Gasteiger partial charge >= 0.3 is 0 Å². The van der Waals surface area contributed by atoms with Crippen LogP contribution in [0.5, 0.6) is 0 Å². The molecule has 2 nitrogen and oxygen atoms in total. The van der Waals surface area contributed by atoms with Crippen molar-refractivity contribution >= 4 is 0 Å². The van der Waals surface area contributed by atoms with Crippen LogP contribution >= 0.6 is 0 Å². The standard InChI is InChI=1S/C23H24N2.BrH/c1-4-10-20(11-5-1)18-24-16-17-25(19-21-12-6-2-7-13-21)23(24)22-14-8-3-9-15-22;/h1-15,23H,16-19H2;1H. The van der Waals surface area contributed by atoms with E-state index in [-0.39, 0.29) is 17.0 Å². The Labute approximate surface area is 166 Å². The third-order valence-corrected chi connectivity index (χ3v) is 5.09. The van der Waals surface area contributed by atoms with Gasteiger partial charge in [0.25, 0.3) is 0 Å². The van der Waals surface area contributed by atoms with Crippen molar-refractivity contribution in [2.45, 2.75) is 19.3 Å². The molecule has 2 unspecified atom stereocenters. The molecule has 0 saturated carbocycles. The van der Waals surface area contributed by atoms with Crippen molar-refractivity contribution in [3.8, 4) is 0 Å². The van der Waals surface area contributed by atoms with E-state index in [4.69, 9.17) is 0 Å². The minimum absolute atomic E-state index is 0. The molecule has 3 heteroatoms. The summed E-state index contributed by atoms with van der Waals surface area (Å²) in [4.78, 5) is 4.26. The van der Waals surface area contributed by atoms with Crippen LogP contribution in [0, 0.1) is 0 Å². The summed E-state index contributed by atoms with van der Waals surface area (Å²) >= 11 is 0. The molecule has 1 aliphatic heterocycles. The van der Waals surface area contributed by atoms with Crippen LogP contribution in [-0.4, -0.2) is 18.0 Å². The van der Waals surface area contributed by atoms with E-state index >= 15 is 0 Å². The monoisotopic (exact) mass is 408 g/mol. The van der Waals surface area contributed by atoms with E-state index in [0.717, 1.165) is 19.6 Å². The number of hydrogen-bond donors (Lipinski definition) is 1. The molecule has 0 amide bonds. The molecule has 4 rings (SSSR count). The average Bonchev–Trinajstić information content (AvgIpc) is 3.06. The maximum Gasteiger partial charge on any atom is 0.171 e. The molecule has 26 heavy (non-hydrogen) atoms. The summed E-state index contributed by atoms with van der Waals surface area (Å²) < 4.78 is 0. The molecule has 0 aliphatic carbocycles. The lowest BCUT2D eigenvalue weighted by molar-refractivity contribution is -0.938. The normalized spacial score (nSPS) is 19.8. The van der Waals surface area contributed by atoms with Crippen molar-refractivity contribution in [3.63, 3.8) is 0 Å². The third kappa shape index (κ3) is 4.42. The predicted octanol–water partition coefficient (Wildman–Crippen LogP) is 0.290. The number of hydrogen-bond acceptors (Lipinski definition) is 1. The number of halogens is 1. The topological polar surface area (TPSA) is 7.68 Å². The van der Waals surface area contributed by atoms with Gasteiger partial charge in [-0.3, -0.25) is 0 Å². The molecular weight excluding hydrogens is 384 g/mol. The number of rotatable bonds is 5. The maximum atomic E-state index is 2.63. The molecule has 1 fully saturated rings. The van der Waals surface area contributed by atoms with Crippen molar-refractivity contribution in [2.24, 2.45) is 0 Å². The molecule has 0 aromatic heterocycles. The molecule has 1 saturated heterocycles. The largest absolute Gasteiger partial charge is 1.00 e. The quantitative estimate of drug-likeness (QED) is 0.637. The summed E-state index contributed by atoms with van der Waals surface area (Å²) in [6.45, 7) is 4.41. The van der Waals surface area contributed by atoms with Gasteiger partial charge in [0.1, 0.15) is 6.54 Å². The summed E-state index contributed by atoms with van der Waals surface area (Å²) in [6, 6.07) is 32.7. The zero-order valence-electron chi connectivity index (χ0n) is 14.9. The highest BCUT2D eigenvalue weighted by Crippen LogP contribution is 2.21. The maximum absolute atomic E-state index is 2.63. The van der Waals surface area contributed by atoms with E-state index in [1.165, 1.54) is 23.2 Å². The van der Waals surface area contributed by atoms with Gasteiger partial charge in [0, 0.05) is 17.7 Å². The molecule has 1 aliphatic rings. The Bertz CT molecular complexity index is 728. The molecule has 1 heterocycles. The molecule has 3 aromatic carbocycles. The first-order chi connectivity index (χ1) is 12.4. The minimum atomic E-state index is 0. The molecule has 0 spiro atoms. The highest BCUT2D eigenvalue weighted by Gasteiger charge is 2.36. The second-order valence-corrected chi connectivity index (χ2v) is 6.84. The number of nitrogens with zero attached hydrogens (tertiary/aromatic N) is 1. The first kappa shape index (κ1) is 18.8. The first-order valence-corrected chi connectivity index (χ1v) is 9.11. The van der Waals surface area contributed by atoms with E-state index in [2.05, 4.69) is 95.9 Å². The van der Waals surface area contributed by atoms with Gasteiger partial charge in [-0.15, -0.1) is 0 Å². The van der Waals surface area contributed by atoms with E-state index in [9.17, 15) is 0 Å².